The number of hydrogen-bond acceptors (Lipinski definition) is 2. The summed E-state index contributed by atoms with van der Waals surface area (Å²) in [4.78, 5) is 2.60. The fraction of sp³-hybridized carbons (Fsp3) is 0.625. The van der Waals surface area contributed by atoms with Crippen molar-refractivity contribution in [3.63, 3.8) is 0 Å². The Morgan fingerprint density at radius 2 is 2.15 bits per heavy atom. The van der Waals surface area contributed by atoms with E-state index in [9.17, 15) is 0 Å². The van der Waals surface area contributed by atoms with E-state index in [1.807, 2.05) is 12.1 Å². The zero-order valence-electron chi connectivity index (χ0n) is 12.3. The van der Waals surface area contributed by atoms with Crippen molar-refractivity contribution in [2.24, 2.45) is 0 Å². The Hall–Kier alpha value is -0.280. The monoisotopic (exact) mass is 314 g/mol. The molecule has 0 spiro atoms. The lowest BCUT2D eigenvalue weighted by Gasteiger charge is -2.39. The molecule has 2 atom stereocenters. The van der Waals surface area contributed by atoms with E-state index < -0.39 is 0 Å². The summed E-state index contributed by atoms with van der Waals surface area (Å²) in [5, 5.41) is 4.79. The largest absolute Gasteiger partial charge is 0.315 e. The smallest absolute Gasteiger partial charge is 0.0595 e. The molecule has 0 aliphatic carbocycles. The van der Waals surface area contributed by atoms with E-state index in [1.165, 1.54) is 24.8 Å². The van der Waals surface area contributed by atoms with Crippen LogP contribution in [-0.2, 0) is 0 Å². The quantitative estimate of drug-likeness (QED) is 0.859. The van der Waals surface area contributed by atoms with Crippen molar-refractivity contribution in [3.8, 4) is 0 Å². The van der Waals surface area contributed by atoms with Crippen molar-refractivity contribution >= 4 is 23.2 Å². The highest BCUT2D eigenvalue weighted by Gasteiger charge is 2.25. The number of piperidine rings is 1. The molecule has 1 fully saturated rings. The Balaban J connectivity index is 2.16. The van der Waals surface area contributed by atoms with Crippen LogP contribution in [0.1, 0.15) is 44.7 Å². The van der Waals surface area contributed by atoms with Gasteiger partial charge in [-0.25, -0.2) is 0 Å². The van der Waals surface area contributed by atoms with Crippen LogP contribution in [0.25, 0.3) is 0 Å². The van der Waals surface area contributed by atoms with Gasteiger partial charge in [0, 0.05) is 18.6 Å². The maximum Gasteiger partial charge on any atom is 0.0595 e. The molecule has 1 aliphatic heterocycles. The molecule has 0 aromatic heterocycles. The van der Waals surface area contributed by atoms with E-state index in [-0.39, 0.29) is 0 Å². The first-order valence-electron chi connectivity index (χ1n) is 7.55. The zero-order chi connectivity index (χ0) is 14.5. The van der Waals surface area contributed by atoms with E-state index in [0.29, 0.717) is 22.1 Å². The molecule has 1 heterocycles. The summed E-state index contributed by atoms with van der Waals surface area (Å²) < 4.78 is 0. The molecule has 1 aliphatic rings. The lowest BCUT2D eigenvalue weighted by molar-refractivity contribution is 0.120. The number of benzene rings is 1. The van der Waals surface area contributed by atoms with Gasteiger partial charge in [-0.05, 0) is 57.0 Å². The van der Waals surface area contributed by atoms with E-state index in [1.54, 1.807) is 0 Å². The Morgan fingerprint density at radius 3 is 2.75 bits per heavy atom. The highest BCUT2D eigenvalue weighted by molar-refractivity contribution is 6.42. The van der Waals surface area contributed by atoms with Crippen molar-refractivity contribution in [2.45, 2.75) is 45.2 Å². The molecular formula is C16H24Cl2N2. The minimum atomic E-state index is 0.370. The first-order chi connectivity index (χ1) is 9.63. The molecule has 112 valence electrons. The zero-order valence-corrected chi connectivity index (χ0v) is 13.8. The molecular weight excluding hydrogens is 291 g/mol. The lowest BCUT2D eigenvalue weighted by atomic mass is 10.00. The normalized spacial score (nSPS) is 21.1. The van der Waals surface area contributed by atoms with Crippen LogP contribution in [0.4, 0.5) is 0 Å². The Kier molecular flexibility index (Phi) is 6.16. The van der Waals surface area contributed by atoms with Crippen LogP contribution in [-0.4, -0.2) is 30.6 Å². The van der Waals surface area contributed by atoms with Gasteiger partial charge in [0.25, 0.3) is 0 Å². The highest BCUT2D eigenvalue weighted by Crippen LogP contribution is 2.30. The maximum atomic E-state index is 6.16. The van der Waals surface area contributed by atoms with E-state index in [4.69, 9.17) is 23.2 Å². The maximum absolute atomic E-state index is 6.16. The van der Waals surface area contributed by atoms with Gasteiger partial charge in [0.2, 0.25) is 0 Å². The van der Waals surface area contributed by atoms with Crippen molar-refractivity contribution in [3.05, 3.63) is 33.8 Å². The SMILES string of the molecule is CCCN(C1CCCNC1)C(C)c1ccc(Cl)c(Cl)c1. The first kappa shape index (κ1) is 16.1. The molecule has 2 unspecified atom stereocenters. The van der Waals surface area contributed by atoms with Gasteiger partial charge in [0.1, 0.15) is 0 Å². The van der Waals surface area contributed by atoms with Gasteiger partial charge in [0.15, 0.2) is 0 Å². The van der Waals surface area contributed by atoms with Crippen molar-refractivity contribution in [1.82, 2.24) is 10.2 Å². The Morgan fingerprint density at radius 1 is 1.35 bits per heavy atom. The second-order valence-electron chi connectivity index (χ2n) is 5.59. The van der Waals surface area contributed by atoms with Crippen molar-refractivity contribution in [1.29, 1.82) is 0 Å². The van der Waals surface area contributed by atoms with Crippen LogP contribution in [0, 0.1) is 0 Å². The molecule has 0 amide bonds. The molecule has 2 rings (SSSR count). The van der Waals surface area contributed by atoms with E-state index in [0.717, 1.165) is 19.6 Å². The summed E-state index contributed by atoms with van der Waals surface area (Å²) in [7, 11) is 0. The predicted octanol–water partition coefficient (Wildman–Crippen LogP) is 4.52. The topological polar surface area (TPSA) is 15.3 Å². The van der Waals surface area contributed by atoms with Gasteiger partial charge in [-0.2, -0.15) is 0 Å². The van der Waals surface area contributed by atoms with Gasteiger partial charge in [0.05, 0.1) is 10.0 Å². The number of halogens is 2. The molecule has 2 nitrogen and oxygen atoms in total. The van der Waals surface area contributed by atoms with E-state index in [2.05, 4.69) is 30.1 Å². The molecule has 20 heavy (non-hydrogen) atoms. The Bertz CT molecular complexity index is 430. The third-order valence-electron chi connectivity index (χ3n) is 4.15. The third kappa shape index (κ3) is 3.88. The average molecular weight is 315 g/mol. The summed E-state index contributed by atoms with van der Waals surface area (Å²) in [6, 6.07) is 6.99. The van der Waals surface area contributed by atoms with Crippen LogP contribution < -0.4 is 5.32 Å². The van der Waals surface area contributed by atoms with Crippen LogP contribution in [0.15, 0.2) is 18.2 Å². The second-order valence-corrected chi connectivity index (χ2v) is 6.40. The van der Waals surface area contributed by atoms with Crippen LogP contribution in [0.5, 0.6) is 0 Å². The molecule has 4 heteroatoms. The van der Waals surface area contributed by atoms with Gasteiger partial charge >= 0.3 is 0 Å². The second kappa shape index (κ2) is 7.65. The Labute approximate surface area is 132 Å². The lowest BCUT2D eigenvalue weighted by Crippen LogP contribution is -2.47. The number of nitrogens with one attached hydrogen (secondary N) is 1. The summed E-state index contributed by atoms with van der Waals surface area (Å²) >= 11 is 12.2. The van der Waals surface area contributed by atoms with Gasteiger partial charge in [-0.3, -0.25) is 4.90 Å². The molecule has 1 aromatic rings. The molecule has 0 saturated carbocycles. The minimum Gasteiger partial charge on any atom is -0.315 e. The van der Waals surface area contributed by atoms with Crippen molar-refractivity contribution in [2.75, 3.05) is 19.6 Å². The average Bonchev–Trinajstić information content (AvgIpc) is 2.48. The van der Waals surface area contributed by atoms with Crippen LogP contribution >= 0.6 is 23.2 Å². The first-order valence-corrected chi connectivity index (χ1v) is 8.30. The standard InChI is InChI=1S/C16H24Cl2N2/c1-3-9-20(14-5-4-8-19-11-14)12(2)13-6-7-15(17)16(18)10-13/h6-7,10,12,14,19H,3-5,8-9,11H2,1-2H3. The molecule has 1 N–H and O–H groups in total. The van der Waals surface area contributed by atoms with Gasteiger partial charge in [-0.15, -0.1) is 0 Å². The number of nitrogens with zero attached hydrogens (tertiary/aromatic N) is 1. The summed E-state index contributed by atoms with van der Waals surface area (Å²) in [6.45, 7) is 7.87. The van der Waals surface area contributed by atoms with Gasteiger partial charge in [-0.1, -0.05) is 36.2 Å². The molecule has 1 saturated heterocycles. The molecule has 1 aromatic carbocycles. The number of rotatable bonds is 5. The summed E-state index contributed by atoms with van der Waals surface area (Å²) in [5.74, 6) is 0. The highest BCUT2D eigenvalue weighted by atomic mass is 35.5. The fourth-order valence-electron chi connectivity index (χ4n) is 3.03. The number of hydrogen-bond donors (Lipinski definition) is 1. The minimum absolute atomic E-state index is 0.370. The third-order valence-corrected chi connectivity index (χ3v) is 4.88. The molecule has 0 bridgehead atoms. The predicted molar refractivity (Wildman–Crippen MR) is 87.8 cm³/mol. The molecule has 0 radical (unpaired) electrons. The van der Waals surface area contributed by atoms with Gasteiger partial charge < -0.3 is 5.32 Å². The van der Waals surface area contributed by atoms with Crippen molar-refractivity contribution < 1.29 is 0 Å². The van der Waals surface area contributed by atoms with Crippen LogP contribution in [0.3, 0.4) is 0 Å². The fourth-order valence-corrected chi connectivity index (χ4v) is 3.34. The van der Waals surface area contributed by atoms with E-state index >= 15 is 0 Å². The summed E-state index contributed by atoms with van der Waals surface area (Å²) in [6.07, 6.45) is 3.71. The summed E-state index contributed by atoms with van der Waals surface area (Å²) in [5.41, 5.74) is 1.25. The van der Waals surface area contributed by atoms with Crippen LogP contribution in [0.2, 0.25) is 10.0 Å².